The topological polar surface area (TPSA) is 15.3 Å². The van der Waals surface area contributed by atoms with Crippen LogP contribution in [0, 0.1) is 0 Å². The van der Waals surface area contributed by atoms with Gasteiger partial charge in [0.2, 0.25) is 0 Å². The minimum atomic E-state index is 0.241. The molecule has 1 heterocycles. The Morgan fingerprint density at radius 3 is 2.00 bits per heavy atom. The molecule has 19 heavy (non-hydrogen) atoms. The highest BCUT2D eigenvalue weighted by atomic mass is 15.2. The molecule has 1 saturated heterocycles. The molecule has 0 aromatic heterocycles. The Morgan fingerprint density at radius 2 is 1.58 bits per heavy atom. The van der Waals surface area contributed by atoms with Gasteiger partial charge in [0, 0.05) is 24.3 Å². The molecule has 1 fully saturated rings. The van der Waals surface area contributed by atoms with Crippen LogP contribution in [0.2, 0.25) is 0 Å². The van der Waals surface area contributed by atoms with Crippen LogP contribution in [0.25, 0.3) is 0 Å². The van der Waals surface area contributed by atoms with E-state index in [-0.39, 0.29) is 5.41 Å². The van der Waals surface area contributed by atoms with Gasteiger partial charge < -0.3 is 10.2 Å². The van der Waals surface area contributed by atoms with Crippen molar-refractivity contribution in [3.05, 3.63) is 29.8 Å². The summed E-state index contributed by atoms with van der Waals surface area (Å²) in [6, 6.07) is 9.12. The van der Waals surface area contributed by atoms with Crippen LogP contribution in [-0.4, -0.2) is 25.7 Å². The van der Waals surface area contributed by atoms with E-state index in [1.807, 2.05) is 0 Å². The average Bonchev–Trinajstić information content (AvgIpc) is 2.39. The molecule has 0 saturated carbocycles. The molecule has 1 aliphatic rings. The summed E-state index contributed by atoms with van der Waals surface area (Å²) in [4.78, 5) is 2.51. The van der Waals surface area contributed by atoms with Gasteiger partial charge in [-0.25, -0.2) is 0 Å². The molecule has 0 radical (unpaired) electrons. The van der Waals surface area contributed by atoms with Crippen LogP contribution in [0.5, 0.6) is 0 Å². The predicted octanol–water partition coefficient (Wildman–Crippen LogP) is 3.56. The summed E-state index contributed by atoms with van der Waals surface area (Å²) in [6.07, 6.45) is 2.43. The first-order valence-corrected chi connectivity index (χ1v) is 7.38. The monoisotopic (exact) mass is 260 g/mol. The Hall–Kier alpha value is -1.02. The van der Waals surface area contributed by atoms with Gasteiger partial charge in [-0.1, -0.05) is 32.9 Å². The highest BCUT2D eigenvalue weighted by Gasteiger charge is 2.28. The Balaban J connectivity index is 2.04. The van der Waals surface area contributed by atoms with Crippen molar-refractivity contribution in [2.45, 2.75) is 51.5 Å². The third-order valence-electron chi connectivity index (χ3n) is 4.57. The van der Waals surface area contributed by atoms with Crippen LogP contribution in [0.15, 0.2) is 24.3 Å². The molecule has 2 nitrogen and oxygen atoms in total. The number of hydrogen-bond acceptors (Lipinski definition) is 2. The molecule has 0 unspecified atom stereocenters. The quantitative estimate of drug-likeness (QED) is 0.874. The van der Waals surface area contributed by atoms with Crippen molar-refractivity contribution in [2.24, 2.45) is 0 Å². The number of benzene rings is 1. The van der Waals surface area contributed by atoms with Gasteiger partial charge in [0.15, 0.2) is 0 Å². The number of hydrogen-bond donors (Lipinski definition) is 1. The Labute approximate surface area is 118 Å². The van der Waals surface area contributed by atoms with Gasteiger partial charge in [-0.15, -0.1) is 0 Å². The van der Waals surface area contributed by atoms with Gasteiger partial charge in [0.25, 0.3) is 0 Å². The first-order valence-electron chi connectivity index (χ1n) is 7.38. The maximum atomic E-state index is 3.45. The van der Waals surface area contributed by atoms with E-state index in [9.17, 15) is 0 Å². The number of nitrogens with one attached hydrogen (secondary N) is 1. The summed E-state index contributed by atoms with van der Waals surface area (Å²) < 4.78 is 0. The molecule has 1 aromatic carbocycles. The minimum Gasteiger partial charge on any atom is -0.371 e. The summed E-state index contributed by atoms with van der Waals surface area (Å²) in [5, 5.41) is 3.45. The lowest BCUT2D eigenvalue weighted by Gasteiger charge is -2.40. The number of rotatable bonds is 2. The number of nitrogens with zero attached hydrogens (tertiary/aromatic N) is 1. The summed E-state index contributed by atoms with van der Waals surface area (Å²) in [5.41, 5.74) is 3.34. The molecule has 0 spiro atoms. The maximum Gasteiger partial charge on any atom is 0.0366 e. The third kappa shape index (κ3) is 3.30. The van der Waals surface area contributed by atoms with Crippen molar-refractivity contribution in [3.63, 3.8) is 0 Å². The Bertz CT molecular complexity index is 406. The highest BCUT2D eigenvalue weighted by molar-refractivity contribution is 5.49. The van der Waals surface area contributed by atoms with Gasteiger partial charge in [0.05, 0.1) is 0 Å². The van der Waals surface area contributed by atoms with E-state index >= 15 is 0 Å². The number of anilines is 1. The van der Waals surface area contributed by atoms with Crippen molar-refractivity contribution < 1.29 is 0 Å². The molecule has 0 atom stereocenters. The Kier molecular flexibility index (Phi) is 3.91. The summed E-state index contributed by atoms with van der Waals surface area (Å²) >= 11 is 0. The van der Waals surface area contributed by atoms with E-state index in [0.29, 0.717) is 5.54 Å². The van der Waals surface area contributed by atoms with Crippen LogP contribution in [0.1, 0.15) is 46.1 Å². The van der Waals surface area contributed by atoms with E-state index in [1.165, 1.54) is 24.1 Å². The Morgan fingerprint density at radius 1 is 1.05 bits per heavy atom. The van der Waals surface area contributed by atoms with Crippen LogP contribution in [-0.2, 0) is 5.41 Å². The largest absolute Gasteiger partial charge is 0.371 e. The second-order valence-electron chi connectivity index (χ2n) is 7.09. The molecule has 2 heteroatoms. The third-order valence-corrected chi connectivity index (χ3v) is 4.57. The van der Waals surface area contributed by atoms with E-state index in [2.05, 4.69) is 69.2 Å². The fourth-order valence-corrected chi connectivity index (χ4v) is 2.68. The zero-order valence-corrected chi connectivity index (χ0v) is 13.1. The average molecular weight is 260 g/mol. The lowest BCUT2D eigenvalue weighted by molar-refractivity contribution is 0.305. The molecule has 1 aliphatic heterocycles. The van der Waals surface area contributed by atoms with Crippen molar-refractivity contribution in [1.29, 1.82) is 0 Å². The standard InChI is InChI=1S/C17H28N2/c1-16(2,3)14-6-8-15(9-7-14)19-12-10-17(4,18-5)11-13-19/h6-9,18H,10-13H2,1-5H3. The smallest absolute Gasteiger partial charge is 0.0366 e. The molecular formula is C17H28N2. The first kappa shape index (κ1) is 14.4. The molecule has 0 amide bonds. The summed E-state index contributed by atoms with van der Waals surface area (Å²) in [5.74, 6) is 0. The molecule has 2 rings (SSSR count). The molecule has 0 aliphatic carbocycles. The minimum absolute atomic E-state index is 0.241. The lowest BCUT2D eigenvalue weighted by atomic mass is 9.86. The molecular weight excluding hydrogens is 232 g/mol. The second kappa shape index (κ2) is 5.16. The number of piperidine rings is 1. The fraction of sp³-hybridized carbons (Fsp3) is 0.647. The van der Waals surface area contributed by atoms with Gasteiger partial charge in [-0.2, -0.15) is 0 Å². The first-order chi connectivity index (χ1) is 8.84. The summed E-state index contributed by atoms with van der Waals surface area (Å²) in [6.45, 7) is 11.4. The van der Waals surface area contributed by atoms with Crippen molar-refractivity contribution in [3.8, 4) is 0 Å². The van der Waals surface area contributed by atoms with Crippen LogP contribution in [0.3, 0.4) is 0 Å². The fourth-order valence-electron chi connectivity index (χ4n) is 2.68. The highest BCUT2D eigenvalue weighted by Crippen LogP contribution is 2.28. The van der Waals surface area contributed by atoms with E-state index in [1.54, 1.807) is 0 Å². The van der Waals surface area contributed by atoms with E-state index in [4.69, 9.17) is 0 Å². The van der Waals surface area contributed by atoms with Gasteiger partial charge in [0.1, 0.15) is 0 Å². The van der Waals surface area contributed by atoms with Crippen molar-refractivity contribution in [1.82, 2.24) is 5.32 Å². The predicted molar refractivity (Wildman–Crippen MR) is 84.1 cm³/mol. The normalized spacial score (nSPS) is 19.5. The van der Waals surface area contributed by atoms with Crippen LogP contribution >= 0.6 is 0 Å². The lowest BCUT2D eigenvalue weighted by Crippen LogP contribution is -2.50. The van der Waals surface area contributed by atoms with Gasteiger partial charge in [-0.3, -0.25) is 0 Å². The van der Waals surface area contributed by atoms with Crippen molar-refractivity contribution in [2.75, 3.05) is 25.0 Å². The zero-order chi connectivity index (χ0) is 14.1. The maximum absolute atomic E-state index is 3.45. The van der Waals surface area contributed by atoms with Gasteiger partial charge in [-0.05, 0) is 49.9 Å². The molecule has 1 aromatic rings. The van der Waals surface area contributed by atoms with Gasteiger partial charge >= 0.3 is 0 Å². The zero-order valence-electron chi connectivity index (χ0n) is 13.1. The van der Waals surface area contributed by atoms with Crippen molar-refractivity contribution >= 4 is 5.69 Å². The molecule has 106 valence electrons. The van der Waals surface area contributed by atoms with Crippen LogP contribution < -0.4 is 10.2 Å². The second-order valence-corrected chi connectivity index (χ2v) is 7.09. The van der Waals surface area contributed by atoms with E-state index < -0.39 is 0 Å². The molecule has 1 N–H and O–H groups in total. The SMILES string of the molecule is CNC1(C)CCN(c2ccc(C(C)(C)C)cc2)CC1. The molecule has 0 bridgehead atoms. The summed E-state index contributed by atoms with van der Waals surface area (Å²) in [7, 11) is 2.08. The van der Waals surface area contributed by atoms with E-state index in [0.717, 1.165) is 13.1 Å². The van der Waals surface area contributed by atoms with Crippen LogP contribution in [0.4, 0.5) is 5.69 Å².